The van der Waals surface area contributed by atoms with Crippen LogP contribution in [0.4, 0.5) is 4.39 Å². The number of thioether (sulfide) groups is 1. The number of amides is 2. The van der Waals surface area contributed by atoms with Gasteiger partial charge >= 0.3 is 0 Å². The van der Waals surface area contributed by atoms with Gasteiger partial charge in [0.05, 0.1) is 5.25 Å². The van der Waals surface area contributed by atoms with Crippen molar-refractivity contribution in [3.8, 4) is 0 Å². The summed E-state index contributed by atoms with van der Waals surface area (Å²) in [6.45, 7) is 7.83. The number of hydrogen-bond donors (Lipinski definition) is 0. The van der Waals surface area contributed by atoms with Gasteiger partial charge in [0.1, 0.15) is 5.82 Å². The highest BCUT2D eigenvalue weighted by molar-refractivity contribution is 8.00. The minimum absolute atomic E-state index is 0.0478. The minimum atomic E-state index is -0.292. The zero-order valence-corrected chi connectivity index (χ0v) is 14.6. The Labute approximate surface area is 141 Å². The molecule has 1 aliphatic heterocycles. The molecule has 1 atom stereocenters. The standard InChI is InChI=1S/C17H23FN2O2S/c1-12(2)16(23-15-6-4-5-14(18)11-15)17(22)20-9-7-19(8-10-20)13(3)21/h4-6,11-12,16H,7-10H2,1-3H3/t16-/m1/s1. The van der Waals surface area contributed by atoms with Crippen LogP contribution >= 0.6 is 11.8 Å². The van der Waals surface area contributed by atoms with Crippen LogP contribution in [0.1, 0.15) is 20.8 Å². The second-order valence-corrected chi connectivity index (χ2v) is 7.29. The lowest BCUT2D eigenvalue weighted by Gasteiger charge is -2.36. The van der Waals surface area contributed by atoms with Crippen LogP contribution in [0, 0.1) is 11.7 Å². The largest absolute Gasteiger partial charge is 0.339 e. The van der Waals surface area contributed by atoms with Gasteiger partial charge in [-0.1, -0.05) is 19.9 Å². The number of benzene rings is 1. The molecule has 0 radical (unpaired) electrons. The first-order valence-electron chi connectivity index (χ1n) is 7.85. The van der Waals surface area contributed by atoms with Crippen LogP contribution in [-0.2, 0) is 9.59 Å². The van der Waals surface area contributed by atoms with Gasteiger partial charge in [-0.2, -0.15) is 0 Å². The Bertz CT molecular complexity index is 571. The van der Waals surface area contributed by atoms with Crippen molar-refractivity contribution in [3.63, 3.8) is 0 Å². The molecular formula is C17H23FN2O2S. The van der Waals surface area contributed by atoms with E-state index in [1.165, 1.54) is 23.9 Å². The summed E-state index contributed by atoms with van der Waals surface area (Å²) in [6, 6.07) is 6.34. The second kappa shape index (κ2) is 7.81. The summed E-state index contributed by atoms with van der Waals surface area (Å²) in [7, 11) is 0. The third-order valence-corrected chi connectivity index (χ3v) is 5.47. The topological polar surface area (TPSA) is 40.6 Å². The van der Waals surface area contributed by atoms with E-state index in [2.05, 4.69) is 0 Å². The van der Waals surface area contributed by atoms with E-state index in [0.717, 1.165) is 4.90 Å². The quantitative estimate of drug-likeness (QED) is 0.793. The predicted octanol–water partition coefficient (Wildman–Crippen LogP) is 2.63. The number of hydrogen-bond acceptors (Lipinski definition) is 3. The molecule has 1 fully saturated rings. The Morgan fingerprint density at radius 2 is 1.74 bits per heavy atom. The van der Waals surface area contributed by atoms with Crippen LogP contribution < -0.4 is 0 Å². The maximum atomic E-state index is 13.3. The van der Waals surface area contributed by atoms with E-state index in [1.54, 1.807) is 17.9 Å². The molecule has 1 aromatic carbocycles. The number of rotatable bonds is 4. The van der Waals surface area contributed by atoms with Crippen molar-refractivity contribution in [1.82, 2.24) is 9.80 Å². The molecule has 2 amide bonds. The van der Waals surface area contributed by atoms with Gasteiger partial charge in [0.25, 0.3) is 0 Å². The molecule has 1 aromatic rings. The third kappa shape index (κ3) is 4.70. The van der Waals surface area contributed by atoms with Gasteiger partial charge in [0.2, 0.25) is 11.8 Å². The molecular weight excluding hydrogens is 315 g/mol. The minimum Gasteiger partial charge on any atom is -0.339 e. The molecule has 1 saturated heterocycles. The van der Waals surface area contributed by atoms with Crippen LogP contribution in [0.5, 0.6) is 0 Å². The molecule has 4 nitrogen and oxygen atoms in total. The zero-order valence-electron chi connectivity index (χ0n) is 13.8. The van der Waals surface area contributed by atoms with Crippen LogP contribution in [-0.4, -0.2) is 53.0 Å². The summed E-state index contributed by atoms with van der Waals surface area (Å²) in [5.74, 6) is -0.0364. The lowest BCUT2D eigenvalue weighted by Crippen LogP contribution is -2.52. The summed E-state index contributed by atoms with van der Waals surface area (Å²) in [4.78, 5) is 28.5. The Balaban J connectivity index is 2.03. The fourth-order valence-electron chi connectivity index (χ4n) is 2.58. The van der Waals surface area contributed by atoms with E-state index in [9.17, 15) is 14.0 Å². The van der Waals surface area contributed by atoms with Crippen molar-refractivity contribution in [2.45, 2.75) is 30.9 Å². The van der Waals surface area contributed by atoms with Crippen molar-refractivity contribution >= 4 is 23.6 Å². The van der Waals surface area contributed by atoms with Gasteiger partial charge in [-0.3, -0.25) is 9.59 Å². The zero-order chi connectivity index (χ0) is 17.0. The molecule has 23 heavy (non-hydrogen) atoms. The van der Waals surface area contributed by atoms with Crippen molar-refractivity contribution in [1.29, 1.82) is 0 Å². The lowest BCUT2D eigenvalue weighted by molar-refractivity contribution is -0.138. The highest BCUT2D eigenvalue weighted by Crippen LogP contribution is 2.30. The Hall–Kier alpha value is -1.56. The summed E-state index contributed by atoms with van der Waals surface area (Å²) >= 11 is 1.41. The lowest BCUT2D eigenvalue weighted by atomic mass is 10.1. The predicted molar refractivity (Wildman–Crippen MR) is 89.7 cm³/mol. The van der Waals surface area contributed by atoms with Crippen molar-refractivity contribution < 1.29 is 14.0 Å². The maximum Gasteiger partial charge on any atom is 0.236 e. The highest BCUT2D eigenvalue weighted by Gasteiger charge is 2.30. The first-order chi connectivity index (χ1) is 10.9. The molecule has 0 spiro atoms. The van der Waals surface area contributed by atoms with Gasteiger partial charge in [0, 0.05) is 38.0 Å². The monoisotopic (exact) mass is 338 g/mol. The molecule has 126 valence electrons. The van der Waals surface area contributed by atoms with Crippen LogP contribution in [0.3, 0.4) is 0 Å². The third-order valence-electron chi connectivity index (χ3n) is 3.94. The molecule has 0 bridgehead atoms. The van der Waals surface area contributed by atoms with E-state index in [0.29, 0.717) is 26.2 Å². The maximum absolute atomic E-state index is 13.3. The van der Waals surface area contributed by atoms with Crippen LogP contribution in [0.15, 0.2) is 29.2 Å². The van der Waals surface area contributed by atoms with Crippen molar-refractivity contribution in [2.75, 3.05) is 26.2 Å². The van der Waals surface area contributed by atoms with E-state index in [4.69, 9.17) is 0 Å². The van der Waals surface area contributed by atoms with E-state index < -0.39 is 0 Å². The molecule has 1 aliphatic rings. The molecule has 0 aliphatic carbocycles. The van der Waals surface area contributed by atoms with Gasteiger partial charge in [-0.15, -0.1) is 11.8 Å². The first-order valence-corrected chi connectivity index (χ1v) is 8.73. The SMILES string of the molecule is CC(=O)N1CCN(C(=O)[C@H](Sc2cccc(F)c2)C(C)C)CC1. The summed E-state index contributed by atoms with van der Waals surface area (Å²) in [5, 5.41) is -0.249. The number of piperazine rings is 1. The molecule has 0 aromatic heterocycles. The molecule has 6 heteroatoms. The average Bonchev–Trinajstić information content (AvgIpc) is 2.52. The number of carbonyl (C=O) groups excluding carboxylic acids is 2. The van der Waals surface area contributed by atoms with Gasteiger partial charge in [0.15, 0.2) is 0 Å². The average molecular weight is 338 g/mol. The summed E-state index contributed by atoms with van der Waals surface area (Å²) in [5.41, 5.74) is 0. The first kappa shape index (κ1) is 17.8. The van der Waals surface area contributed by atoms with Crippen LogP contribution in [0.2, 0.25) is 0 Å². The van der Waals surface area contributed by atoms with Crippen molar-refractivity contribution in [3.05, 3.63) is 30.1 Å². The molecule has 0 N–H and O–H groups in total. The van der Waals surface area contributed by atoms with Gasteiger partial charge in [-0.25, -0.2) is 4.39 Å². The van der Waals surface area contributed by atoms with Gasteiger partial charge < -0.3 is 9.80 Å². The number of nitrogens with zero attached hydrogens (tertiary/aromatic N) is 2. The number of halogens is 1. The Morgan fingerprint density at radius 1 is 1.13 bits per heavy atom. The smallest absolute Gasteiger partial charge is 0.236 e. The van der Waals surface area contributed by atoms with E-state index >= 15 is 0 Å². The molecule has 0 unspecified atom stereocenters. The second-order valence-electron chi connectivity index (χ2n) is 6.07. The molecule has 2 rings (SSSR count). The summed E-state index contributed by atoms with van der Waals surface area (Å²) < 4.78 is 13.3. The van der Waals surface area contributed by atoms with Crippen LogP contribution in [0.25, 0.3) is 0 Å². The molecule has 1 heterocycles. The number of carbonyl (C=O) groups is 2. The normalized spacial score (nSPS) is 16.6. The molecule has 0 saturated carbocycles. The van der Waals surface area contributed by atoms with E-state index in [-0.39, 0.29) is 28.8 Å². The van der Waals surface area contributed by atoms with E-state index in [1.807, 2.05) is 24.8 Å². The van der Waals surface area contributed by atoms with Gasteiger partial charge in [-0.05, 0) is 24.1 Å². The highest BCUT2D eigenvalue weighted by atomic mass is 32.2. The fourth-order valence-corrected chi connectivity index (χ4v) is 3.73. The fraction of sp³-hybridized carbons (Fsp3) is 0.529. The Morgan fingerprint density at radius 3 is 2.26 bits per heavy atom. The Kier molecular flexibility index (Phi) is 6.04. The summed E-state index contributed by atoms with van der Waals surface area (Å²) in [6.07, 6.45) is 0. The van der Waals surface area contributed by atoms with Crippen molar-refractivity contribution in [2.24, 2.45) is 5.92 Å².